The molecule has 1 fully saturated rings. The Balaban J connectivity index is 2.17. The topological polar surface area (TPSA) is 55.1 Å². The molecule has 1 amide bonds. The molecule has 1 atom stereocenters. The highest BCUT2D eigenvalue weighted by molar-refractivity contribution is 9.10. The molecule has 1 saturated carbocycles. The lowest BCUT2D eigenvalue weighted by atomic mass is 10.0. The maximum atomic E-state index is 13.2. The van der Waals surface area contributed by atoms with Crippen LogP contribution >= 0.6 is 15.9 Å². The molecule has 0 aromatic heterocycles. The molecule has 0 spiro atoms. The largest absolute Gasteiger partial charge is 0.368 e. The van der Waals surface area contributed by atoms with Crippen molar-refractivity contribution in [2.75, 3.05) is 0 Å². The van der Waals surface area contributed by atoms with Crippen molar-refractivity contribution in [2.24, 2.45) is 5.73 Å². The maximum absolute atomic E-state index is 13.2. The molecule has 18 heavy (non-hydrogen) atoms. The number of benzene rings is 1. The molecule has 98 valence electrons. The smallest absolute Gasteiger partial charge is 0.239 e. The van der Waals surface area contributed by atoms with Crippen molar-refractivity contribution in [3.63, 3.8) is 0 Å². The van der Waals surface area contributed by atoms with Gasteiger partial charge in [-0.3, -0.25) is 10.1 Å². The van der Waals surface area contributed by atoms with Gasteiger partial charge >= 0.3 is 0 Å². The molecular weight excluding hydrogens is 299 g/mol. The van der Waals surface area contributed by atoms with Crippen LogP contribution in [0.1, 0.15) is 37.3 Å². The summed E-state index contributed by atoms with van der Waals surface area (Å²) in [6, 6.07) is 4.31. The van der Waals surface area contributed by atoms with E-state index in [9.17, 15) is 9.18 Å². The Morgan fingerprint density at radius 3 is 2.67 bits per heavy atom. The average molecular weight is 315 g/mol. The standard InChI is InChI=1S/C13H16BrFN2O/c14-10-7-8(5-6-11(10)15)12(13(16)18)17-9-3-1-2-4-9/h5-7,9,12,17H,1-4H2,(H2,16,18). The molecule has 1 aromatic rings. The summed E-state index contributed by atoms with van der Waals surface area (Å²) in [4.78, 5) is 11.5. The minimum absolute atomic E-state index is 0.325. The molecule has 2 rings (SSSR count). The van der Waals surface area contributed by atoms with Gasteiger partial charge in [-0.05, 0) is 46.5 Å². The number of nitrogens with one attached hydrogen (secondary N) is 1. The van der Waals surface area contributed by atoms with Gasteiger partial charge in [0.05, 0.1) is 4.47 Å². The Kier molecular flexibility index (Phi) is 4.35. The Bertz CT molecular complexity index is 447. The summed E-state index contributed by atoms with van der Waals surface area (Å²) in [6.45, 7) is 0. The normalized spacial score (nSPS) is 17.9. The lowest BCUT2D eigenvalue weighted by Crippen LogP contribution is -2.38. The highest BCUT2D eigenvalue weighted by atomic mass is 79.9. The van der Waals surface area contributed by atoms with Crippen LogP contribution in [0.3, 0.4) is 0 Å². The molecule has 1 aliphatic rings. The van der Waals surface area contributed by atoms with E-state index in [0.29, 0.717) is 16.1 Å². The van der Waals surface area contributed by atoms with Gasteiger partial charge in [-0.15, -0.1) is 0 Å². The molecule has 0 aliphatic heterocycles. The van der Waals surface area contributed by atoms with Gasteiger partial charge in [-0.25, -0.2) is 4.39 Å². The van der Waals surface area contributed by atoms with Gasteiger partial charge in [0, 0.05) is 6.04 Å². The van der Waals surface area contributed by atoms with Crippen molar-refractivity contribution in [1.82, 2.24) is 5.32 Å². The molecule has 3 N–H and O–H groups in total. The third-order valence-electron chi connectivity index (χ3n) is 3.32. The number of amides is 1. The van der Waals surface area contributed by atoms with Crippen molar-refractivity contribution in [2.45, 2.75) is 37.8 Å². The summed E-state index contributed by atoms with van der Waals surface area (Å²) in [5, 5.41) is 3.26. The van der Waals surface area contributed by atoms with Gasteiger partial charge in [0.1, 0.15) is 11.9 Å². The summed E-state index contributed by atoms with van der Waals surface area (Å²) in [5.41, 5.74) is 6.12. The van der Waals surface area contributed by atoms with E-state index in [2.05, 4.69) is 21.2 Å². The maximum Gasteiger partial charge on any atom is 0.239 e. The molecule has 1 aromatic carbocycles. The molecule has 1 aliphatic carbocycles. The summed E-state index contributed by atoms with van der Waals surface area (Å²) >= 11 is 3.12. The van der Waals surface area contributed by atoms with Crippen LogP contribution in [0.5, 0.6) is 0 Å². The van der Waals surface area contributed by atoms with Crippen LogP contribution in [-0.2, 0) is 4.79 Å². The Labute approximate surface area is 114 Å². The number of carbonyl (C=O) groups is 1. The van der Waals surface area contributed by atoms with Crippen LogP contribution in [0, 0.1) is 5.82 Å². The highest BCUT2D eigenvalue weighted by Gasteiger charge is 2.24. The average Bonchev–Trinajstić information content (AvgIpc) is 2.82. The zero-order valence-corrected chi connectivity index (χ0v) is 11.5. The third-order valence-corrected chi connectivity index (χ3v) is 3.93. The second kappa shape index (κ2) is 5.80. The second-order valence-corrected chi connectivity index (χ2v) is 5.51. The first kappa shape index (κ1) is 13.5. The zero-order chi connectivity index (χ0) is 13.1. The third kappa shape index (κ3) is 3.09. The summed E-state index contributed by atoms with van der Waals surface area (Å²) in [6.07, 6.45) is 4.48. The summed E-state index contributed by atoms with van der Waals surface area (Å²) in [5.74, 6) is -0.775. The number of carbonyl (C=O) groups excluding carboxylic acids is 1. The van der Waals surface area contributed by atoms with E-state index in [1.165, 1.54) is 18.9 Å². The molecule has 0 radical (unpaired) electrons. The van der Waals surface area contributed by atoms with E-state index in [-0.39, 0.29) is 5.82 Å². The van der Waals surface area contributed by atoms with Crippen LogP contribution in [0.15, 0.2) is 22.7 Å². The minimum Gasteiger partial charge on any atom is -0.368 e. The second-order valence-electron chi connectivity index (χ2n) is 4.66. The van der Waals surface area contributed by atoms with Gasteiger partial charge in [-0.2, -0.15) is 0 Å². The number of hydrogen-bond donors (Lipinski definition) is 2. The minimum atomic E-state index is -0.551. The fourth-order valence-corrected chi connectivity index (χ4v) is 2.76. The molecule has 0 saturated heterocycles. The Morgan fingerprint density at radius 1 is 1.44 bits per heavy atom. The first-order valence-corrected chi connectivity index (χ1v) is 6.87. The van der Waals surface area contributed by atoms with E-state index in [1.807, 2.05) is 0 Å². The van der Waals surface area contributed by atoms with Gasteiger partial charge in [0.15, 0.2) is 0 Å². The van der Waals surface area contributed by atoms with Gasteiger partial charge in [0.2, 0.25) is 5.91 Å². The van der Waals surface area contributed by atoms with Crippen molar-refractivity contribution in [3.8, 4) is 0 Å². The number of primary amides is 1. The predicted octanol–water partition coefficient (Wildman–Crippen LogP) is 2.65. The SMILES string of the molecule is NC(=O)C(NC1CCCC1)c1ccc(F)c(Br)c1. The van der Waals surface area contributed by atoms with Crippen molar-refractivity contribution in [3.05, 3.63) is 34.1 Å². The Morgan fingerprint density at radius 2 is 2.11 bits per heavy atom. The highest BCUT2D eigenvalue weighted by Crippen LogP contribution is 2.25. The number of nitrogens with two attached hydrogens (primary N) is 1. The first-order valence-electron chi connectivity index (χ1n) is 6.08. The van der Waals surface area contributed by atoms with Crippen LogP contribution in [0.4, 0.5) is 4.39 Å². The molecule has 3 nitrogen and oxygen atoms in total. The molecular formula is C13H16BrFN2O. The lowest BCUT2D eigenvalue weighted by molar-refractivity contribution is -0.120. The zero-order valence-electron chi connectivity index (χ0n) is 9.96. The van der Waals surface area contributed by atoms with Crippen molar-refractivity contribution < 1.29 is 9.18 Å². The number of hydrogen-bond acceptors (Lipinski definition) is 2. The van der Waals surface area contributed by atoms with Gasteiger partial charge in [-0.1, -0.05) is 18.9 Å². The van der Waals surface area contributed by atoms with E-state index in [4.69, 9.17) is 5.73 Å². The van der Waals surface area contributed by atoms with E-state index in [1.54, 1.807) is 12.1 Å². The number of halogens is 2. The van der Waals surface area contributed by atoms with Crippen LogP contribution < -0.4 is 11.1 Å². The first-order chi connectivity index (χ1) is 8.58. The van der Waals surface area contributed by atoms with E-state index >= 15 is 0 Å². The molecule has 5 heteroatoms. The van der Waals surface area contributed by atoms with Crippen molar-refractivity contribution >= 4 is 21.8 Å². The van der Waals surface area contributed by atoms with Gasteiger partial charge in [0.25, 0.3) is 0 Å². The Hall–Kier alpha value is -0.940. The number of rotatable bonds is 4. The lowest BCUT2D eigenvalue weighted by Gasteiger charge is -2.20. The molecule has 0 heterocycles. The quantitative estimate of drug-likeness (QED) is 0.897. The fraction of sp³-hybridized carbons (Fsp3) is 0.462. The predicted molar refractivity (Wildman–Crippen MR) is 71.4 cm³/mol. The monoisotopic (exact) mass is 314 g/mol. The van der Waals surface area contributed by atoms with E-state index < -0.39 is 11.9 Å². The molecule has 0 bridgehead atoms. The van der Waals surface area contributed by atoms with Crippen LogP contribution in [-0.4, -0.2) is 11.9 Å². The molecule has 1 unspecified atom stereocenters. The van der Waals surface area contributed by atoms with E-state index in [0.717, 1.165) is 12.8 Å². The van der Waals surface area contributed by atoms with Crippen molar-refractivity contribution in [1.29, 1.82) is 0 Å². The van der Waals surface area contributed by atoms with Gasteiger partial charge < -0.3 is 5.73 Å². The fourth-order valence-electron chi connectivity index (χ4n) is 2.36. The summed E-state index contributed by atoms with van der Waals surface area (Å²) in [7, 11) is 0. The summed E-state index contributed by atoms with van der Waals surface area (Å²) < 4.78 is 13.5. The van der Waals surface area contributed by atoms with Crippen LogP contribution in [0.25, 0.3) is 0 Å². The van der Waals surface area contributed by atoms with Crippen LogP contribution in [0.2, 0.25) is 0 Å².